The first-order valence-corrected chi connectivity index (χ1v) is 3.75. The van der Waals surface area contributed by atoms with E-state index >= 15 is 0 Å². The molecule has 0 unspecified atom stereocenters. The second-order valence-corrected chi connectivity index (χ2v) is 3.35. The topological polar surface area (TPSA) is 15.3 Å². The summed E-state index contributed by atoms with van der Waals surface area (Å²) in [4.78, 5) is 1.80. The van der Waals surface area contributed by atoms with Gasteiger partial charge in [0, 0.05) is 19.0 Å². The Labute approximate surface area is 65.6 Å². The van der Waals surface area contributed by atoms with Crippen molar-refractivity contribution in [2.45, 2.75) is 5.92 Å². The third-order valence-corrected chi connectivity index (χ3v) is 1.93. The summed E-state index contributed by atoms with van der Waals surface area (Å²) in [6, 6.07) is 0. The second kappa shape index (κ2) is 3.03. The predicted octanol–water partition coefficient (Wildman–Crippen LogP) is 0.403. The molecule has 0 aromatic carbocycles. The number of nitrogens with one attached hydrogen (secondary N) is 1. The Balaban J connectivity index is 2.45. The molecule has 0 saturated carbocycles. The van der Waals surface area contributed by atoms with E-state index in [2.05, 4.69) is 5.32 Å². The molecule has 1 heterocycles. The van der Waals surface area contributed by atoms with Gasteiger partial charge in [-0.3, -0.25) is 0 Å². The summed E-state index contributed by atoms with van der Waals surface area (Å²) in [5, 5.41) is 2.69. The fourth-order valence-electron chi connectivity index (χ4n) is 1.35. The molecule has 1 fully saturated rings. The van der Waals surface area contributed by atoms with E-state index in [-0.39, 0.29) is 6.54 Å². The van der Waals surface area contributed by atoms with Crippen molar-refractivity contribution < 1.29 is 8.78 Å². The normalized spacial score (nSPS) is 29.7. The van der Waals surface area contributed by atoms with Gasteiger partial charge >= 0.3 is 0 Å². The van der Waals surface area contributed by atoms with Crippen LogP contribution in [0.1, 0.15) is 0 Å². The Morgan fingerprint density at radius 2 is 2.18 bits per heavy atom. The van der Waals surface area contributed by atoms with Crippen molar-refractivity contribution in [3.05, 3.63) is 0 Å². The van der Waals surface area contributed by atoms with Crippen LogP contribution in [0.2, 0.25) is 0 Å². The molecule has 0 aromatic heterocycles. The monoisotopic (exact) mass is 164 g/mol. The maximum Gasteiger partial charge on any atom is 0.265 e. The lowest BCUT2D eigenvalue weighted by molar-refractivity contribution is -0.0288. The van der Waals surface area contributed by atoms with Crippen molar-refractivity contribution in [3.8, 4) is 0 Å². The van der Waals surface area contributed by atoms with Gasteiger partial charge in [-0.05, 0) is 14.1 Å². The quantitative estimate of drug-likeness (QED) is 0.635. The minimum Gasteiger partial charge on any atom is -0.311 e. The molecule has 66 valence electrons. The van der Waals surface area contributed by atoms with Crippen molar-refractivity contribution in [1.82, 2.24) is 10.2 Å². The van der Waals surface area contributed by atoms with Gasteiger partial charge < -0.3 is 10.2 Å². The van der Waals surface area contributed by atoms with Gasteiger partial charge in [-0.1, -0.05) is 0 Å². The van der Waals surface area contributed by atoms with Gasteiger partial charge in [-0.15, -0.1) is 0 Å². The van der Waals surface area contributed by atoms with Crippen LogP contribution in [0.15, 0.2) is 0 Å². The fourth-order valence-corrected chi connectivity index (χ4v) is 1.35. The Hall–Kier alpha value is -0.220. The number of hydrogen-bond acceptors (Lipinski definition) is 2. The van der Waals surface area contributed by atoms with E-state index in [9.17, 15) is 8.78 Å². The number of halogens is 2. The maximum absolute atomic E-state index is 12.9. The molecule has 0 aliphatic carbocycles. The molecular weight excluding hydrogens is 150 g/mol. The zero-order valence-corrected chi connectivity index (χ0v) is 6.90. The van der Waals surface area contributed by atoms with Gasteiger partial charge in [0.05, 0.1) is 6.54 Å². The van der Waals surface area contributed by atoms with Gasteiger partial charge in [-0.25, -0.2) is 8.78 Å². The zero-order valence-electron chi connectivity index (χ0n) is 6.90. The van der Waals surface area contributed by atoms with Crippen molar-refractivity contribution in [1.29, 1.82) is 0 Å². The lowest BCUT2D eigenvalue weighted by atomic mass is 10.1. The van der Waals surface area contributed by atoms with Gasteiger partial charge in [0.1, 0.15) is 0 Å². The minimum absolute atomic E-state index is 0.161. The van der Waals surface area contributed by atoms with Crippen molar-refractivity contribution in [3.63, 3.8) is 0 Å². The van der Waals surface area contributed by atoms with E-state index in [0.29, 0.717) is 13.1 Å². The van der Waals surface area contributed by atoms with Crippen LogP contribution >= 0.6 is 0 Å². The van der Waals surface area contributed by atoms with Crippen LogP contribution in [0, 0.1) is 5.92 Å². The average molecular weight is 164 g/mol. The van der Waals surface area contributed by atoms with E-state index in [4.69, 9.17) is 0 Å². The van der Waals surface area contributed by atoms with Crippen LogP contribution in [0.4, 0.5) is 8.78 Å². The lowest BCUT2D eigenvalue weighted by Crippen LogP contribution is -2.34. The Kier molecular flexibility index (Phi) is 2.44. The Bertz CT molecular complexity index is 136. The van der Waals surface area contributed by atoms with E-state index < -0.39 is 11.8 Å². The Morgan fingerprint density at radius 3 is 2.55 bits per heavy atom. The summed E-state index contributed by atoms with van der Waals surface area (Å²) in [5.74, 6) is -3.03. The maximum atomic E-state index is 12.9. The highest BCUT2D eigenvalue weighted by Gasteiger charge is 2.43. The molecule has 1 aliphatic rings. The molecule has 0 bridgehead atoms. The fraction of sp³-hybridized carbons (Fsp3) is 1.00. The molecule has 4 heteroatoms. The van der Waals surface area contributed by atoms with E-state index in [1.54, 1.807) is 4.90 Å². The first-order chi connectivity index (χ1) is 5.02. The highest BCUT2D eigenvalue weighted by Crippen LogP contribution is 2.27. The molecule has 0 aromatic rings. The average Bonchev–Trinajstić information content (AvgIpc) is 2.10. The molecule has 1 aliphatic heterocycles. The molecule has 11 heavy (non-hydrogen) atoms. The summed E-state index contributed by atoms with van der Waals surface area (Å²) >= 11 is 0. The SMILES string of the molecule is CN(C)C[C@@H]1CNCC1(F)F. The van der Waals surface area contributed by atoms with Gasteiger partial charge in [-0.2, -0.15) is 0 Å². The molecular formula is C7H14F2N2. The highest BCUT2D eigenvalue weighted by atomic mass is 19.3. The molecule has 0 radical (unpaired) electrons. The summed E-state index contributed by atoms with van der Waals surface area (Å²) in [6.45, 7) is 0.733. The third-order valence-electron chi connectivity index (χ3n) is 1.93. The highest BCUT2D eigenvalue weighted by molar-refractivity contribution is 4.88. The van der Waals surface area contributed by atoms with Crippen molar-refractivity contribution >= 4 is 0 Å². The largest absolute Gasteiger partial charge is 0.311 e. The molecule has 2 nitrogen and oxygen atoms in total. The molecule has 1 N–H and O–H groups in total. The van der Waals surface area contributed by atoms with Crippen molar-refractivity contribution in [2.75, 3.05) is 33.7 Å². The standard InChI is InChI=1S/C7H14F2N2/c1-11(2)4-6-3-10-5-7(6,8)9/h6,10H,3-5H2,1-2H3/t6-/m0/s1. The number of hydrogen-bond donors (Lipinski definition) is 1. The molecule has 0 amide bonds. The minimum atomic E-state index is -2.51. The molecule has 1 saturated heterocycles. The number of alkyl halides is 2. The predicted molar refractivity (Wildman–Crippen MR) is 39.9 cm³/mol. The smallest absolute Gasteiger partial charge is 0.265 e. The molecule has 0 spiro atoms. The Morgan fingerprint density at radius 1 is 1.55 bits per heavy atom. The zero-order chi connectivity index (χ0) is 8.48. The lowest BCUT2D eigenvalue weighted by Gasteiger charge is -2.21. The summed E-state index contributed by atoms with van der Waals surface area (Å²) in [5.41, 5.74) is 0. The van der Waals surface area contributed by atoms with Crippen molar-refractivity contribution in [2.24, 2.45) is 5.92 Å². The summed E-state index contributed by atoms with van der Waals surface area (Å²) in [7, 11) is 3.63. The summed E-state index contributed by atoms with van der Waals surface area (Å²) in [6.07, 6.45) is 0. The first-order valence-electron chi connectivity index (χ1n) is 3.75. The number of nitrogens with zero attached hydrogens (tertiary/aromatic N) is 1. The second-order valence-electron chi connectivity index (χ2n) is 3.35. The van der Waals surface area contributed by atoms with E-state index in [1.807, 2.05) is 14.1 Å². The number of rotatable bonds is 2. The molecule has 1 rings (SSSR count). The van der Waals surface area contributed by atoms with Crippen LogP contribution in [-0.2, 0) is 0 Å². The third kappa shape index (κ3) is 2.10. The summed E-state index contributed by atoms with van der Waals surface area (Å²) < 4.78 is 25.8. The molecule has 1 atom stereocenters. The first kappa shape index (κ1) is 8.87. The van der Waals surface area contributed by atoms with Gasteiger partial charge in [0.2, 0.25) is 0 Å². The van der Waals surface area contributed by atoms with Crippen LogP contribution in [0.5, 0.6) is 0 Å². The van der Waals surface area contributed by atoms with Crippen LogP contribution < -0.4 is 5.32 Å². The van der Waals surface area contributed by atoms with E-state index in [1.165, 1.54) is 0 Å². The van der Waals surface area contributed by atoms with Crippen LogP contribution in [-0.4, -0.2) is 44.6 Å². The van der Waals surface area contributed by atoms with Crippen LogP contribution in [0.25, 0.3) is 0 Å². The van der Waals surface area contributed by atoms with E-state index in [0.717, 1.165) is 0 Å². The van der Waals surface area contributed by atoms with Gasteiger partial charge in [0.15, 0.2) is 0 Å². The van der Waals surface area contributed by atoms with Crippen LogP contribution in [0.3, 0.4) is 0 Å². The van der Waals surface area contributed by atoms with Gasteiger partial charge in [0.25, 0.3) is 5.92 Å².